The van der Waals surface area contributed by atoms with Crippen LogP contribution >= 0.6 is 0 Å². The molecule has 3 rings (SSSR count). The van der Waals surface area contributed by atoms with Crippen molar-refractivity contribution in [3.8, 4) is 0 Å². The van der Waals surface area contributed by atoms with Crippen molar-refractivity contribution in [2.24, 2.45) is 5.92 Å². The van der Waals surface area contributed by atoms with Crippen molar-refractivity contribution in [1.29, 1.82) is 0 Å². The Hall–Kier alpha value is -1.71. The Labute approximate surface area is 109 Å². The molecule has 0 aliphatic heterocycles. The minimum atomic E-state index is -2.59. The lowest BCUT2D eigenvalue weighted by Gasteiger charge is -2.09. The molecule has 1 saturated carbocycles. The van der Waals surface area contributed by atoms with Crippen LogP contribution in [0.15, 0.2) is 34.9 Å². The summed E-state index contributed by atoms with van der Waals surface area (Å²) < 4.78 is 31.5. The fourth-order valence-electron chi connectivity index (χ4n) is 2.78. The van der Waals surface area contributed by atoms with Crippen molar-refractivity contribution in [2.45, 2.75) is 31.6 Å². The number of hydrogen-bond acceptors (Lipinski definition) is 2. The van der Waals surface area contributed by atoms with Crippen LogP contribution in [0.3, 0.4) is 0 Å². The van der Waals surface area contributed by atoms with Gasteiger partial charge in [0, 0.05) is 24.6 Å². The van der Waals surface area contributed by atoms with Crippen LogP contribution in [0.2, 0.25) is 0 Å². The first-order chi connectivity index (χ1) is 9.05. The molecular weight excluding hydrogens is 250 g/mol. The molecule has 0 N–H and O–H groups in total. The van der Waals surface area contributed by atoms with E-state index in [0.717, 1.165) is 5.39 Å². The van der Waals surface area contributed by atoms with E-state index in [1.807, 2.05) is 18.2 Å². The quantitative estimate of drug-likeness (QED) is 0.767. The van der Waals surface area contributed by atoms with Gasteiger partial charge in [-0.15, -0.1) is 0 Å². The standard InChI is InChI=1S/C15H14F2O2/c16-15(17)6-5-10(8-15)7-13(18)12-9-19-14-4-2-1-3-11(12)14/h1-4,9-10H,5-8H2. The fraction of sp³-hybridized carbons (Fsp3) is 0.400. The number of benzene rings is 1. The highest BCUT2D eigenvalue weighted by molar-refractivity contribution is 6.07. The number of fused-ring (bicyclic) bond motifs is 1. The van der Waals surface area contributed by atoms with Gasteiger partial charge in [0.15, 0.2) is 5.78 Å². The molecule has 1 heterocycles. The van der Waals surface area contributed by atoms with E-state index >= 15 is 0 Å². The summed E-state index contributed by atoms with van der Waals surface area (Å²) in [4.78, 5) is 12.2. The number of alkyl halides is 2. The second-order valence-electron chi connectivity index (χ2n) is 5.24. The molecule has 1 atom stereocenters. The Morgan fingerprint density at radius 1 is 1.37 bits per heavy atom. The second-order valence-corrected chi connectivity index (χ2v) is 5.24. The van der Waals surface area contributed by atoms with E-state index in [1.165, 1.54) is 6.26 Å². The van der Waals surface area contributed by atoms with E-state index in [-0.39, 0.29) is 31.0 Å². The van der Waals surface area contributed by atoms with Crippen LogP contribution in [0.4, 0.5) is 8.78 Å². The van der Waals surface area contributed by atoms with Gasteiger partial charge in [0.2, 0.25) is 5.92 Å². The molecule has 19 heavy (non-hydrogen) atoms. The molecule has 4 heteroatoms. The molecule has 0 radical (unpaired) electrons. The highest BCUT2D eigenvalue weighted by Crippen LogP contribution is 2.41. The van der Waals surface area contributed by atoms with Gasteiger partial charge in [0.25, 0.3) is 0 Å². The van der Waals surface area contributed by atoms with Crippen LogP contribution in [0, 0.1) is 5.92 Å². The Bertz CT molecular complexity index is 615. The lowest BCUT2D eigenvalue weighted by Crippen LogP contribution is -2.11. The molecule has 0 bridgehead atoms. The van der Waals surface area contributed by atoms with Gasteiger partial charge in [-0.1, -0.05) is 18.2 Å². The Kier molecular flexibility index (Phi) is 2.88. The van der Waals surface area contributed by atoms with Crippen molar-refractivity contribution in [2.75, 3.05) is 0 Å². The third kappa shape index (κ3) is 2.39. The van der Waals surface area contributed by atoms with Crippen molar-refractivity contribution in [3.05, 3.63) is 36.1 Å². The summed E-state index contributed by atoms with van der Waals surface area (Å²) in [6.07, 6.45) is 1.76. The van der Waals surface area contributed by atoms with Crippen molar-refractivity contribution < 1.29 is 18.0 Å². The number of hydrogen-bond donors (Lipinski definition) is 0. The van der Waals surface area contributed by atoms with Crippen molar-refractivity contribution in [1.82, 2.24) is 0 Å². The SMILES string of the molecule is O=C(CC1CCC(F)(F)C1)c1coc2ccccc12. The first kappa shape index (κ1) is 12.3. The summed E-state index contributed by atoms with van der Waals surface area (Å²) in [6, 6.07) is 7.26. The minimum Gasteiger partial charge on any atom is -0.464 e. The average molecular weight is 264 g/mol. The number of Topliss-reactive ketones (excluding diaryl/α,β-unsaturated/α-hetero) is 1. The number of rotatable bonds is 3. The highest BCUT2D eigenvalue weighted by atomic mass is 19.3. The molecule has 1 aromatic heterocycles. The maximum atomic E-state index is 13.1. The van der Waals surface area contributed by atoms with Gasteiger partial charge in [-0.25, -0.2) is 8.78 Å². The van der Waals surface area contributed by atoms with Crippen molar-refractivity contribution in [3.63, 3.8) is 0 Å². The maximum absolute atomic E-state index is 13.1. The molecule has 1 aromatic carbocycles. The lowest BCUT2D eigenvalue weighted by atomic mass is 9.96. The number of ketones is 1. The fourth-order valence-corrected chi connectivity index (χ4v) is 2.78. The zero-order valence-electron chi connectivity index (χ0n) is 10.4. The monoisotopic (exact) mass is 264 g/mol. The summed E-state index contributed by atoms with van der Waals surface area (Å²) >= 11 is 0. The third-order valence-electron chi connectivity index (χ3n) is 3.76. The van der Waals surface area contributed by atoms with Crippen LogP contribution in [0.1, 0.15) is 36.0 Å². The molecule has 100 valence electrons. The predicted octanol–water partition coefficient (Wildman–Crippen LogP) is 4.44. The zero-order valence-corrected chi connectivity index (χ0v) is 10.4. The maximum Gasteiger partial charge on any atom is 0.248 e. The Balaban J connectivity index is 1.78. The van der Waals surface area contributed by atoms with Gasteiger partial charge in [-0.3, -0.25) is 4.79 Å². The van der Waals surface area contributed by atoms with E-state index in [1.54, 1.807) is 6.07 Å². The van der Waals surface area contributed by atoms with Crippen LogP contribution < -0.4 is 0 Å². The molecule has 1 fully saturated rings. The molecule has 1 aliphatic rings. The molecule has 2 aromatic rings. The van der Waals surface area contributed by atoms with Crippen molar-refractivity contribution >= 4 is 16.8 Å². The summed E-state index contributed by atoms with van der Waals surface area (Å²) in [7, 11) is 0. The van der Waals surface area contributed by atoms with E-state index in [0.29, 0.717) is 17.6 Å². The normalized spacial score (nSPS) is 21.9. The number of furan rings is 1. The molecule has 0 saturated heterocycles. The molecule has 2 nitrogen and oxygen atoms in total. The van der Waals surface area contributed by atoms with Crippen LogP contribution in [0.5, 0.6) is 0 Å². The largest absolute Gasteiger partial charge is 0.464 e. The lowest BCUT2D eigenvalue weighted by molar-refractivity contribution is 0.00498. The summed E-state index contributed by atoms with van der Waals surface area (Å²) in [5.74, 6) is -2.91. The van der Waals surface area contributed by atoms with Gasteiger partial charge >= 0.3 is 0 Å². The highest BCUT2D eigenvalue weighted by Gasteiger charge is 2.40. The van der Waals surface area contributed by atoms with Crippen LogP contribution in [-0.2, 0) is 0 Å². The second kappa shape index (κ2) is 4.44. The van der Waals surface area contributed by atoms with E-state index in [4.69, 9.17) is 4.42 Å². The number of para-hydroxylation sites is 1. The van der Waals surface area contributed by atoms with Gasteiger partial charge in [-0.2, -0.15) is 0 Å². The van der Waals surface area contributed by atoms with Gasteiger partial charge < -0.3 is 4.42 Å². The number of carbonyl (C=O) groups is 1. The van der Waals surface area contributed by atoms with Gasteiger partial charge in [0.1, 0.15) is 11.8 Å². The minimum absolute atomic E-state index is 0.100. The van der Waals surface area contributed by atoms with E-state index < -0.39 is 5.92 Å². The zero-order chi connectivity index (χ0) is 13.5. The number of halogens is 2. The Morgan fingerprint density at radius 2 is 2.16 bits per heavy atom. The summed E-state index contributed by atoms with van der Waals surface area (Å²) in [6.45, 7) is 0. The first-order valence-electron chi connectivity index (χ1n) is 6.42. The third-order valence-corrected chi connectivity index (χ3v) is 3.76. The van der Waals surface area contributed by atoms with Crippen LogP contribution in [0.25, 0.3) is 11.0 Å². The Morgan fingerprint density at radius 3 is 2.89 bits per heavy atom. The van der Waals surface area contributed by atoms with Crippen LogP contribution in [-0.4, -0.2) is 11.7 Å². The van der Waals surface area contributed by atoms with Gasteiger partial charge in [-0.05, 0) is 18.4 Å². The molecule has 1 unspecified atom stereocenters. The molecule has 1 aliphatic carbocycles. The molecule has 0 spiro atoms. The predicted molar refractivity (Wildman–Crippen MR) is 67.4 cm³/mol. The molecule has 0 amide bonds. The summed E-state index contributed by atoms with van der Waals surface area (Å²) in [5, 5.41) is 0.761. The molecular formula is C15H14F2O2. The average Bonchev–Trinajstić information content (AvgIpc) is 2.92. The van der Waals surface area contributed by atoms with Gasteiger partial charge in [0.05, 0.1) is 5.56 Å². The first-order valence-corrected chi connectivity index (χ1v) is 6.42. The smallest absolute Gasteiger partial charge is 0.248 e. The van der Waals surface area contributed by atoms with E-state index in [2.05, 4.69) is 0 Å². The topological polar surface area (TPSA) is 30.2 Å². The summed E-state index contributed by atoms with van der Waals surface area (Å²) in [5.41, 5.74) is 1.16. The number of carbonyl (C=O) groups excluding carboxylic acids is 1. The van der Waals surface area contributed by atoms with E-state index in [9.17, 15) is 13.6 Å².